The molecule has 0 fully saturated rings. The van der Waals surface area contributed by atoms with Crippen LogP contribution in [0, 0.1) is 0 Å². The van der Waals surface area contributed by atoms with Gasteiger partial charge in [0.25, 0.3) is 0 Å². The first-order valence-corrected chi connectivity index (χ1v) is 7.90. The van der Waals surface area contributed by atoms with Crippen molar-refractivity contribution in [3.63, 3.8) is 0 Å². The highest BCUT2D eigenvalue weighted by molar-refractivity contribution is 7.19. The molecule has 0 amide bonds. The zero-order valence-electron chi connectivity index (χ0n) is 12.2. The van der Waals surface area contributed by atoms with E-state index >= 15 is 0 Å². The van der Waals surface area contributed by atoms with Gasteiger partial charge in [-0.2, -0.15) is 5.10 Å². The lowest BCUT2D eigenvalue weighted by Crippen LogP contribution is -2.17. The second-order valence-electron chi connectivity index (χ2n) is 4.99. The van der Waals surface area contributed by atoms with Gasteiger partial charge < -0.3 is 10.5 Å². The van der Waals surface area contributed by atoms with E-state index in [4.69, 9.17) is 10.5 Å². The zero-order valence-corrected chi connectivity index (χ0v) is 13.1. The van der Waals surface area contributed by atoms with Gasteiger partial charge in [-0.25, -0.2) is 0 Å². The molecule has 0 radical (unpaired) electrons. The summed E-state index contributed by atoms with van der Waals surface area (Å²) in [5, 5.41) is 5.62. The smallest absolute Gasteiger partial charge is 0.161 e. The number of hydrogen-bond donors (Lipinski definition) is 1. The monoisotopic (exact) mass is 301 g/mol. The molecule has 2 aromatic heterocycles. The maximum Gasteiger partial charge on any atom is 0.161 e. The Hall–Kier alpha value is -1.85. The minimum absolute atomic E-state index is 0.216. The van der Waals surface area contributed by atoms with Crippen LogP contribution in [0.5, 0.6) is 5.75 Å². The zero-order chi connectivity index (χ0) is 14.8. The van der Waals surface area contributed by atoms with Gasteiger partial charge in [0, 0.05) is 16.1 Å². The summed E-state index contributed by atoms with van der Waals surface area (Å²) in [6, 6.07) is 10.3. The molecular weight excluding hydrogens is 282 g/mol. The standard InChI is InChI=1S/C16H19N3OS/c1-3-8-19-16(12(20-2)10-18-19)15(17)14-9-11-6-4-5-7-13(11)21-14/h4-7,9-10,15H,3,8,17H2,1-2H3. The minimum atomic E-state index is -0.216. The highest BCUT2D eigenvalue weighted by Crippen LogP contribution is 2.35. The topological polar surface area (TPSA) is 53.1 Å². The van der Waals surface area contributed by atoms with Crippen LogP contribution in [0.2, 0.25) is 0 Å². The van der Waals surface area contributed by atoms with Crippen molar-refractivity contribution in [3.05, 3.63) is 47.1 Å². The number of methoxy groups -OCH3 is 1. The quantitative estimate of drug-likeness (QED) is 0.784. The molecule has 5 heteroatoms. The maximum absolute atomic E-state index is 6.50. The molecule has 0 aliphatic rings. The van der Waals surface area contributed by atoms with Crippen molar-refractivity contribution < 1.29 is 4.74 Å². The molecule has 21 heavy (non-hydrogen) atoms. The van der Waals surface area contributed by atoms with Crippen molar-refractivity contribution >= 4 is 21.4 Å². The van der Waals surface area contributed by atoms with Crippen molar-refractivity contribution in [2.24, 2.45) is 5.73 Å². The average Bonchev–Trinajstić information content (AvgIpc) is 3.10. The first-order valence-electron chi connectivity index (χ1n) is 7.08. The fourth-order valence-electron chi connectivity index (χ4n) is 2.53. The van der Waals surface area contributed by atoms with E-state index in [-0.39, 0.29) is 6.04 Å². The molecule has 3 aromatic rings. The lowest BCUT2D eigenvalue weighted by Gasteiger charge is -2.14. The van der Waals surface area contributed by atoms with Crippen LogP contribution in [0.1, 0.15) is 30.0 Å². The lowest BCUT2D eigenvalue weighted by molar-refractivity contribution is 0.404. The summed E-state index contributed by atoms with van der Waals surface area (Å²) >= 11 is 1.73. The molecule has 2 N–H and O–H groups in total. The SMILES string of the molecule is CCCn1ncc(OC)c1C(N)c1cc2ccccc2s1. The summed E-state index contributed by atoms with van der Waals surface area (Å²) < 4.78 is 8.64. The number of aromatic nitrogens is 2. The molecule has 1 unspecified atom stereocenters. The Bertz CT molecular complexity index is 714. The third-order valence-electron chi connectivity index (χ3n) is 3.55. The van der Waals surface area contributed by atoms with Gasteiger partial charge in [-0.3, -0.25) is 4.68 Å². The summed E-state index contributed by atoms with van der Waals surface area (Å²) in [7, 11) is 1.66. The van der Waals surface area contributed by atoms with Crippen LogP contribution in [0.15, 0.2) is 36.5 Å². The second-order valence-corrected chi connectivity index (χ2v) is 6.10. The second kappa shape index (κ2) is 5.87. The molecule has 2 heterocycles. The van der Waals surface area contributed by atoms with Crippen molar-refractivity contribution in [1.82, 2.24) is 9.78 Å². The number of nitrogens with zero attached hydrogens (tertiary/aromatic N) is 2. The molecular formula is C16H19N3OS. The molecule has 0 saturated carbocycles. The van der Waals surface area contributed by atoms with Gasteiger partial charge in [-0.15, -0.1) is 11.3 Å². The predicted molar refractivity (Wildman–Crippen MR) is 86.9 cm³/mol. The molecule has 0 bridgehead atoms. The number of fused-ring (bicyclic) bond motifs is 1. The van der Waals surface area contributed by atoms with Gasteiger partial charge in [0.1, 0.15) is 5.69 Å². The fourth-order valence-corrected chi connectivity index (χ4v) is 3.60. The highest BCUT2D eigenvalue weighted by atomic mass is 32.1. The van der Waals surface area contributed by atoms with Crippen LogP contribution in [0.4, 0.5) is 0 Å². The van der Waals surface area contributed by atoms with E-state index in [1.54, 1.807) is 24.6 Å². The van der Waals surface area contributed by atoms with Crippen molar-refractivity contribution in [2.45, 2.75) is 25.9 Å². The van der Waals surface area contributed by atoms with Crippen LogP contribution in [-0.2, 0) is 6.54 Å². The summed E-state index contributed by atoms with van der Waals surface area (Å²) in [6.45, 7) is 2.97. The van der Waals surface area contributed by atoms with Gasteiger partial charge in [0.2, 0.25) is 0 Å². The van der Waals surface area contributed by atoms with E-state index in [1.165, 1.54) is 10.1 Å². The Morgan fingerprint density at radius 1 is 1.38 bits per heavy atom. The number of aryl methyl sites for hydroxylation is 1. The van der Waals surface area contributed by atoms with Crippen molar-refractivity contribution in [2.75, 3.05) is 7.11 Å². The molecule has 3 rings (SSSR count). The molecule has 0 spiro atoms. The van der Waals surface area contributed by atoms with E-state index < -0.39 is 0 Å². The molecule has 110 valence electrons. The van der Waals surface area contributed by atoms with E-state index in [0.717, 1.165) is 29.3 Å². The molecule has 4 nitrogen and oxygen atoms in total. The molecule has 0 aliphatic heterocycles. The van der Waals surface area contributed by atoms with E-state index in [0.29, 0.717) is 0 Å². The van der Waals surface area contributed by atoms with Gasteiger partial charge >= 0.3 is 0 Å². The largest absolute Gasteiger partial charge is 0.493 e. The van der Waals surface area contributed by atoms with E-state index in [1.807, 2.05) is 10.7 Å². The van der Waals surface area contributed by atoms with Crippen LogP contribution in [-0.4, -0.2) is 16.9 Å². The maximum atomic E-state index is 6.50. The van der Waals surface area contributed by atoms with Crippen LogP contribution in [0.25, 0.3) is 10.1 Å². The van der Waals surface area contributed by atoms with Gasteiger partial charge in [-0.05, 0) is 23.9 Å². The third-order valence-corrected chi connectivity index (χ3v) is 4.75. The summed E-state index contributed by atoms with van der Waals surface area (Å²) in [5.41, 5.74) is 7.45. The van der Waals surface area contributed by atoms with Crippen LogP contribution >= 0.6 is 11.3 Å². The molecule has 1 atom stereocenters. The molecule has 1 aromatic carbocycles. The third kappa shape index (κ3) is 2.54. The van der Waals surface area contributed by atoms with E-state index in [2.05, 4.69) is 36.3 Å². The predicted octanol–water partition coefficient (Wildman–Crippen LogP) is 3.56. The number of nitrogens with two attached hydrogens (primary N) is 1. The number of ether oxygens (including phenoxy) is 1. The Morgan fingerprint density at radius 3 is 2.90 bits per heavy atom. The highest BCUT2D eigenvalue weighted by Gasteiger charge is 2.21. The molecule has 0 aliphatic carbocycles. The summed E-state index contributed by atoms with van der Waals surface area (Å²) in [5.74, 6) is 0.758. The summed E-state index contributed by atoms with van der Waals surface area (Å²) in [4.78, 5) is 1.13. The van der Waals surface area contributed by atoms with Crippen LogP contribution in [0.3, 0.4) is 0 Å². The number of thiophene rings is 1. The average molecular weight is 301 g/mol. The summed E-state index contributed by atoms with van der Waals surface area (Å²) in [6.07, 6.45) is 2.76. The molecule has 0 saturated heterocycles. The Labute approximate surface area is 128 Å². The number of benzene rings is 1. The first-order chi connectivity index (χ1) is 10.2. The van der Waals surface area contributed by atoms with Crippen LogP contribution < -0.4 is 10.5 Å². The van der Waals surface area contributed by atoms with Gasteiger partial charge in [0.05, 0.1) is 19.3 Å². The minimum Gasteiger partial charge on any atom is -0.493 e. The van der Waals surface area contributed by atoms with Crippen molar-refractivity contribution in [1.29, 1.82) is 0 Å². The fraction of sp³-hybridized carbons (Fsp3) is 0.312. The Kier molecular flexibility index (Phi) is 3.94. The Morgan fingerprint density at radius 2 is 2.19 bits per heavy atom. The van der Waals surface area contributed by atoms with Gasteiger partial charge in [-0.1, -0.05) is 25.1 Å². The normalized spacial score (nSPS) is 12.7. The number of rotatable bonds is 5. The van der Waals surface area contributed by atoms with E-state index in [9.17, 15) is 0 Å². The Balaban J connectivity index is 2.04. The lowest BCUT2D eigenvalue weighted by atomic mass is 10.1. The first kappa shape index (κ1) is 14.1. The van der Waals surface area contributed by atoms with Gasteiger partial charge in [0.15, 0.2) is 5.75 Å². The van der Waals surface area contributed by atoms with Crippen molar-refractivity contribution in [3.8, 4) is 5.75 Å². The number of hydrogen-bond acceptors (Lipinski definition) is 4.